The summed E-state index contributed by atoms with van der Waals surface area (Å²) in [6.07, 6.45) is 3.96. The molecule has 140 valence electrons. The second-order valence-corrected chi connectivity index (χ2v) is 6.80. The average molecular weight is 362 g/mol. The van der Waals surface area contributed by atoms with Crippen molar-refractivity contribution in [2.45, 2.75) is 33.6 Å². The molecular weight excluding hydrogens is 336 g/mol. The van der Waals surface area contributed by atoms with Gasteiger partial charge in [-0.1, -0.05) is 31.5 Å². The summed E-state index contributed by atoms with van der Waals surface area (Å²) >= 11 is 0. The van der Waals surface area contributed by atoms with E-state index in [0.29, 0.717) is 0 Å². The second kappa shape index (κ2) is 8.21. The first-order valence-corrected chi connectivity index (χ1v) is 9.38. The van der Waals surface area contributed by atoms with Gasteiger partial charge in [0.2, 0.25) is 5.91 Å². The molecule has 0 bridgehead atoms. The number of unbranched alkanes of at least 4 members (excludes halogenated alkanes) is 1. The summed E-state index contributed by atoms with van der Waals surface area (Å²) < 4.78 is 5.74. The molecule has 0 saturated heterocycles. The third-order valence-electron chi connectivity index (χ3n) is 4.90. The van der Waals surface area contributed by atoms with E-state index in [1.54, 1.807) is 25.1 Å². The Morgan fingerprint density at radius 1 is 1.11 bits per heavy atom. The molecule has 0 aliphatic carbocycles. The van der Waals surface area contributed by atoms with E-state index in [1.165, 1.54) is 0 Å². The van der Waals surface area contributed by atoms with Gasteiger partial charge in [0.25, 0.3) is 0 Å². The molecule has 2 aromatic carbocycles. The molecule has 0 unspecified atom stereocenters. The first-order chi connectivity index (χ1) is 13.0. The Labute approximate surface area is 160 Å². The van der Waals surface area contributed by atoms with Gasteiger partial charge >= 0.3 is 0 Å². The van der Waals surface area contributed by atoms with Crippen molar-refractivity contribution in [3.8, 4) is 16.9 Å². The largest absolute Gasteiger partial charge is 0.494 e. The highest BCUT2D eigenvalue weighted by molar-refractivity contribution is 5.96. The summed E-state index contributed by atoms with van der Waals surface area (Å²) in [5.41, 5.74) is 5.07. The fraction of sp³-hybridized carbons (Fsp3) is 0.304. The molecule has 0 fully saturated rings. The van der Waals surface area contributed by atoms with Crippen LogP contribution >= 0.6 is 0 Å². The number of aryl methyl sites for hydroxylation is 1. The van der Waals surface area contributed by atoms with Crippen molar-refractivity contribution in [3.05, 3.63) is 54.2 Å². The molecule has 0 radical (unpaired) electrons. The molecule has 4 nitrogen and oxygen atoms in total. The van der Waals surface area contributed by atoms with Crippen LogP contribution in [0.15, 0.2) is 48.7 Å². The number of nitrogens with zero attached hydrogens (tertiary/aromatic N) is 2. The monoisotopic (exact) mass is 362 g/mol. The molecule has 0 aliphatic heterocycles. The predicted octanol–water partition coefficient (Wildman–Crippen LogP) is 5.37. The Morgan fingerprint density at radius 2 is 1.81 bits per heavy atom. The van der Waals surface area contributed by atoms with E-state index in [0.717, 1.165) is 58.5 Å². The minimum Gasteiger partial charge on any atom is -0.494 e. The topological polar surface area (TPSA) is 42.4 Å². The molecular formula is C23H26N2O2. The molecule has 1 amide bonds. The third-order valence-corrected chi connectivity index (χ3v) is 4.90. The maximum atomic E-state index is 11.7. The van der Waals surface area contributed by atoms with Crippen LogP contribution in [0.1, 0.15) is 32.3 Å². The molecule has 1 aromatic heterocycles. The van der Waals surface area contributed by atoms with Gasteiger partial charge in [-0.3, -0.25) is 9.78 Å². The van der Waals surface area contributed by atoms with E-state index in [1.807, 2.05) is 25.1 Å². The molecule has 4 heteroatoms. The van der Waals surface area contributed by atoms with Crippen molar-refractivity contribution in [2.75, 3.05) is 18.6 Å². The van der Waals surface area contributed by atoms with Crippen molar-refractivity contribution in [2.24, 2.45) is 0 Å². The standard InChI is InChI=1S/C23H26N2O2/c1-5-6-13-27-20-10-7-18(8-11-20)19-9-12-22-21(14-19)16(2)23(15-24-22)25(4)17(3)26/h7-12,14-15H,5-6,13H2,1-4H3. The third kappa shape index (κ3) is 4.11. The summed E-state index contributed by atoms with van der Waals surface area (Å²) in [5, 5.41) is 1.06. The number of rotatable bonds is 6. The Hall–Kier alpha value is -2.88. The van der Waals surface area contributed by atoms with E-state index in [-0.39, 0.29) is 5.91 Å². The number of fused-ring (bicyclic) bond motifs is 1. The molecule has 3 rings (SSSR count). The van der Waals surface area contributed by atoms with Crippen molar-refractivity contribution in [1.29, 1.82) is 0 Å². The summed E-state index contributed by atoms with van der Waals surface area (Å²) in [4.78, 5) is 17.9. The van der Waals surface area contributed by atoms with Crippen molar-refractivity contribution in [3.63, 3.8) is 0 Å². The Balaban J connectivity index is 1.93. The second-order valence-electron chi connectivity index (χ2n) is 6.80. The summed E-state index contributed by atoms with van der Waals surface area (Å²) in [5.74, 6) is 0.894. The number of carbonyl (C=O) groups is 1. The summed E-state index contributed by atoms with van der Waals surface area (Å²) in [6.45, 7) is 6.50. The summed E-state index contributed by atoms with van der Waals surface area (Å²) in [6, 6.07) is 14.4. The molecule has 0 saturated carbocycles. The number of carbonyl (C=O) groups excluding carboxylic acids is 1. The molecule has 3 aromatic rings. The molecule has 0 N–H and O–H groups in total. The Kier molecular flexibility index (Phi) is 5.75. The smallest absolute Gasteiger partial charge is 0.223 e. The first kappa shape index (κ1) is 18.9. The van der Waals surface area contributed by atoms with Gasteiger partial charge in [-0.15, -0.1) is 0 Å². The number of aromatic nitrogens is 1. The van der Waals surface area contributed by atoms with Crippen LogP contribution in [0.5, 0.6) is 5.75 Å². The highest BCUT2D eigenvalue weighted by Gasteiger charge is 2.12. The average Bonchev–Trinajstić information content (AvgIpc) is 2.68. The van der Waals surface area contributed by atoms with Crippen LogP contribution in [0, 0.1) is 6.92 Å². The summed E-state index contributed by atoms with van der Waals surface area (Å²) in [7, 11) is 1.78. The number of hydrogen-bond donors (Lipinski definition) is 0. The van der Waals surface area contributed by atoms with Gasteiger partial charge in [0.05, 0.1) is 24.0 Å². The SMILES string of the molecule is CCCCOc1ccc(-c2ccc3ncc(N(C)C(C)=O)c(C)c3c2)cc1. The van der Waals surface area contributed by atoms with Gasteiger partial charge in [0.1, 0.15) is 5.75 Å². The lowest BCUT2D eigenvalue weighted by Gasteiger charge is -2.18. The van der Waals surface area contributed by atoms with Crippen LogP contribution in [-0.4, -0.2) is 24.5 Å². The Bertz CT molecular complexity index is 948. The zero-order valence-corrected chi connectivity index (χ0v) is 16.5. The van der Waals surface area contributed by atoms with Gasteiger partial charge in [0.15, 0.2) is 0 Å². The minimum atomic E-state index is -0.00549. The van der Waals surface area contributed by atoms with E-state index >= 15 is 0 Å². The van der Waals surface area contributed by atoms with Gasteiger partial charge in [-0.25, -0.2) is 0 Å². The maximum absolute atomic E-state index is 11.7. The fourth-order valence-corrected chi connectivity index (χ4v) is 3.08. The highest BCUT2D eigenvalue weighted by atomic mass is 16.5. The highest BCUT2D eigenvalue weighted by Crippen LogP contribution is 2.30. The van der Waals surface area contributed by atoms with Gasteiger partial charge < -0.3 is 9.64 Å². The molecule has 0 atom stereocenters. The van der Waals surface area contributed by atoms with Crippen LogP contribution in [0.2, 0.25) is 0 Å². The lowest BCUT2D eigenvalue weighted by atomic mass is 10.0. The number of anilines is 1. The molecule has 1 heterocycles. The van der Waals surface area contributed by atoms with Crippen molar-refractivity contribution in [1.82, 2.24) is 4.98 Å². The number of amides is 1. The van der Waals surface area contributed by atoms with Crippen molar-refractivity contribution < 1.29 is 9.53 Å². The van der Waals surface area contributed by atoms with E-state index in [9.17, 15) is 4.79 Å². The van der Waals surface area contributed by atoms with Crippen molar-refractivity contribution >= 4 is 22.5 Å². The van der Waals surface area contributed by atoms with E-state index < -0.39 is 0 Å². The number of ether oxygens (including phenoxy) is 1. The lowest BCUT2D eigenvalue weighted by molar-refractivity contribution is -0.116. The van der Waals surface area contributed by atoms with Gasteiger partial charge in [0, 0.05) is 19.4 Å². The minimum absolute atomic E-state index is 0.00549. The number of pyridine rings is 1. The van der Waals surface area contributed by atoms with E-state index in [4.69, 9.17) is 4.74 Å². The van der Waals surface area contributed by atoms with Crippen LogP contribution in [0.4, 0.5) is 5.69 Å². The quantitative estimate of drug-likeness (QED) is 0.554. The number of hydrogen-bond acceptors (Lipinski definition) is 3. The Morgan fingerprint density at radius 3 is 2.48 bits per heavy atom. The molecule has 0 spiro atoms. The molecule has 0 aliphatic rings. The van der Waals surface area contributed by atoms with Crippen LogP contribution < -0.4 is 9.64 Å². The van der Waals surface area contributed by atoms with Crippen LogP contribution in [0.25, 0.3) is 22.0 Å². The van der Waals surface area contributed by atoms with Gasteiger partial charge in [-0.05, 0) is 54.3 Å². The van der Waals surface area contributed by atoms with Crippen LogP contribution in [0.3, 0.4) is 0 Å². The van der Waals surface area contributed by atoms with E-state index in [2.05, 4.69) is 36.2 Å². The fourth-order valence-electron chi connectivity index (χ4n) is 3.08. The first-order valence-electron chi connectivity index (χ1n) is 9.38. The predicted molar refractivity (Wildman–Crippen MR) is 111 cm³/mol. The van der Waals surface area contributed by atoms with Gasteiger partial charge in [-0.2, -0.15) is 0 Å². The zero-order chi connectivity index (χ0) is 19.4. The zero-order valence-electron chi connectivity index (χ0n) is 16.5. The molecule has 27 heavy (non-hydrogen) atoms. The maximum Gasteiger partial charge on any atom is 0.223 e. The number of benzene rings is 2. The normalized spacial score (nSPS) is 10.8. The van der Waals surface area contributed by atoms with Crippen LogP contribution in [-0.2, 0) is 4.79 Å². The lowest BCUT2D eigenvalue weighted by Crippen LogP contribution is -2.23.